The Morgan fingerprint density at radius 3 is 1.91 bits per heavy atom. The molecule has 0 aliphatic heterocycles. The summed E-state index contributed by atoms with van der Waals surface area (Å²) < 4.78 is 0. The molecule has 3 amide bonds. The lowest BCUT2D eigenvalue weighted by atomic mass is 9.98. The molecule has 6 atom stereocenters. The van der Waals surface area contributed by atoms with Crippen LogP contribution in [0, 0.1) is 11.8 Å². The van der Waals surface area contributed by atoms with Crippen LogP contribution in [0.3, 0.4) is 0 Å². The molecule has 0 heterocycles. The summed E-state index contributed by atoms with van der Waals surface area (Å²) in [6, 6.07) is -4.49. The summed E-state index contributed by atoms with van der Waals surface area (Å²) in [5, 5.41) is 26.4. The molecular formula is C22H43N7O6. The van der Waals surface area contributed by atoms with Crippen molar-refractivity contribution in [2.24, 2.45) is 34.0 Å². The molecule has 0 spiro atoms. The summed E-state index contributed by atoms with van der Waals surface area (Å²) in [7, 11) is 0. The maximum atomic E-state index is 13.1. The SMILES string of the molecule is CCC(C)C(N)C(=O)NC(CCCN=C(N)N)C(=O)NC(CC(C)C)C(=O)NC(C(=O)O)C(C)O. The Bertz CT molecular complexity index is 740. The molecule has 202 valence electrons. The van der Waals surface area contributed by atoms with Crippen molar-refractivity contribution in [2.75, 3.05) is 6.54 Å². The molecular weight excluding hydrogens is 458 g/mol. The van der Waals surface area contributed by atoms with Gasteiger partial charge in [-0.05, 0) is 38.0 Å². The third-order valence-corrected chi connectivity index (χ3v) is 5.52. The second-order valence-corrected chi connectivity index (χ2v) is 9.18. The first-order valence-corrected chi connectivity index (χ1v) is 11.8. The van der Waals surface area contributed by atoms with Crippen molar-refractivity contribution in [3.63, 3.8) is 0 Å². The van der Waals surface area contributed by atoms with E-state index in [4.69, 9.17) is 17.2 Å². The topological polar surface area (TPSA) is 235 Å². The lowest BCUT2D eigenvalue weighted by Gasteiger charge is -2.27. The van der Waals surface area contributed by atoms with E-state index in [1.54, 1.807) is 0 Å². The molecule has 0 rings (SSSR count). The van der Waals surface area contributed by atoms with Gasteiger partial charge in [-0.3, -0.25) is 19.4 Å². The summed E-state index contributed by atoms with van der Waals surface area (Å²) in [4.78, 5) is 53.8. The van der Waals surface area contributed by atoms with Gasteiger partial charge in [-0.2, -0.15) is 0 Å². The van der Waals surface area contributed by atoms with E-state index in [1.807, 2.05) is 27.7 Å². The van der Waals surface area contributed by atoms with Gasteiger partial charge in [0.15, 0.2) is 12.0 Å². The number of carboxylic acid groups (broad SMARTS) is 1. The molecule has 6 unspecified atom stereocenters. The zero-order valence-electron chi connectivity index (χ0n) is 21.3. The number of amides is 3. The number of rotatable bonds is 16. The summed E-state index contributed by atoms with van der Waals surface area (Å²) in [6.45, 7) is 8.83. The molecule has 0 saturated heterocycles. The quantitative estimate of drug-likeness (QED) is 0.0688. The van der Waals surface area contributed by atoms with E-state index < -0.39 is 54.0 Å². The van der Waals surface area contributed by atoms with E-state index in [-0.39, 0.29) is 37.2 Å². The van der Waals surface area contributed by atoms with Crippen LogP contribution in [0.4, 0.5) is 0 Å². The monoisotopic (exact) mass is 501 g/mol. The number of guanidine groups is 1. The molecule has 0 saturated carbocycles. The number of nitrogens with one attached hydrogen (secondary N) is 3. The van der Waals surface area contributed by atoms with Crippen molar-refractivity contribution < 1.29 is 29.4 Å². The molecule has 0 aromatic rings. The third kappa shape index (κ3) is 12.4. The van der Waals surface area contributed by atoms with Gasteiger partial charge >= 0.3 is 5.97 Å². The van der Waals surface area contributed by atoms with Crippen LogP contribution in [0.5, 0.6) is 0 Å². The molecule has 13 heteroatoms. The number of carboxylic acids is 1. The third-order valence-electron chi connectivity index (χ3n) is 5.52. The van der Waals surface area contributed by atoms with Gasteiger partial charge in [0.25, 0.3) is 0 Å². The van der Waals surface area contributed by atoms with Gasteiger partial charge in [0.2, 0.25) is 17.7 Å². The van der Waals surface area contributed by atoms with Gasteiger partial charge in [-0.1, -0.05) is 34.1 Å². The maximum Gasteiger partial charge on any atom is 0.328 e. The highest BCUT2D eigenvalue weighted by Crippen LogP contribution is 2.10. The van der Waals surface area contributed by atoms with E-state index in [0.717, 1.165) is 0 Å². The lowest BCUT2D eigenvalue weighted by Crippen LogP contribution is -2.58. The van der Waals surface area contributed by atoms with Crippen molar-refractivity contribution >= 4 is 29.7 Å². The molecule has 11 N–H and O–H groups in total. The smallest absolute Gasteiger partial charge is 0.328 e. The van der Waals surface area contributed by atoms with Gasteiger partial charge in [0.1, 0.15) is 12.1 Å². The number of aliphatic hydroxyl groups is 1. The predicted octanol–water partition coefficient (Wildman–Crippen LogP) is -1.62. The number of carbonyl (C=O) groups is 4. The van der Waals surface area contributed by atoms with Crippen molar-refractivity contribution in [1.29, 1.82) is 0 Å². The van der Waals surface area contributed by atoms with Crippen LogP contribution in [0.25, 0.3) is 0 Å². The van der Waals surface area contributed by atoms with Gasteiger partial charge in [-0.25, -0.2) is 4.79 Å². The average Bonchev–Trinajstić information content (AvgIpc) is 2.76. The van der Waals surface area contributed by atoms with Gasteiger partial charge in [-0.15, -0.1) is 0 Å². The average molecular weight is 502 g/mol. The Balaban J connectivity index is 5.64. The lowest BCUT2D eigenvalue weighted by molar-refractivity contribution is -0.145. The molecule has 0 radical (unpaired) electrons. The van der Waals surface area contributed by atoms with E-state index >= 15 is 0 Å². The number of aliphatic imine (C=N–C) groups is 1. The molecule has 0 aromatic carbocycles. The van der Waals surface area contributed by atoms with E-state index in [2.05, 4.69) is 20.9 Å². The number of aliphatic carboxylic acids is 1. The Labute approximate surface area is 206 Å². The molecule has 35 heavy (non-hydrogen) atoms. The highest BCUT2D eigenvalue weighted by atomic mass is 16.4. The maximum absolute atomic E-state index is 13.1. The molecule has 0 bridgehead atoms. The Morgan fingerprint density at radius 1 is 0.914 bits per heavy atom. The number of aliphatic hydroxyl groups excluding tert-OH is 1. The summed E-state index contributed by atoms with van der Waals surface area (Å²) in [6.07, 6.45) is 0.0457. The van der Waals surface area contributed by atoms with E-state index in [9.17, 15) is 29.4 Å². The highest BCUT2D eigenvalue weighted by Gasteiger charge is 2.32. The summed E-state index contributed by atoms with van der Waals surface area (Å²) >= 11 is 0. The normalized spacial score (nSPS) is 16.2. The van der Waals surface area contributed by atoms with Crippen LogP contribution in [0.2, 0.25) is 0 Å². The van der Waals surface area contributed by atoms with Crippen molar-refractivity contribution in [2.45, 2.75) is 90.6 Å². The van der Waals surface area contributed by atoms with Crippen LogP contribution in [0.1, 0.15) is 60.3 Å². The number of hydrogen-bond donors (Lipinski definition) is 8. The van der Waals surface area contributed by atoms with E-state index in [1.165, 1.54) is 6.92 Å². The van der Waals surface area contributed by atoms with Crippen molar-refractivity contribution in [1.82, 2.24) is 16.0 Å². The van der Waals surface area contributed by atoms with Crippen molar-refractivity contribution in [3.8, 4) is 0 Å². The minimum Gasteiger partial charge on any atom is -0.480 e. The van der Waals surface area contributed by atoms with Gasteiger partial charge in [0.05, 0.1) is 12.1 Å². The molecule has 0 fully saturated rings. The fourth-order valence-corrected chi connectivity index (χ4v) is 3.17. The zero-order valence-corrected chi connectivity index (χ0v) is 21.3. The van der Waals surface area contributed by atoms with Gasteiger partial charge in [0, 0.05) is 6.54 Å². The first-order valence-electron chi connectivity index (χ1n) is 11.8. The Kier molecular flexibility index (Phi) is 14.5. The summed E-state index contributed by atoms with van der Waals surface area (Å²) in [5.41, 5.74) is 16.6. The first kappa shape index (κ1) is 32.1. The zero-order chi connectivity index (χ0) is 27.3. The minimum absolute atomic E-state index is 0.0328. The highest BCUT2D eigenvalue weighted by molar-refractivity contribution is 5.94. The van der Waals surface area contributed by atoms with Gasteiger partial charge < -0.3 is 43.4 Å². The van der Waals surface area contributed by atoms with Crippen LogP contribution in [0.15, 0.2) is 4.99 Å². The van der Waals surface area contributed by atoms with E-state index in [0.29, 0.717) is 12.8 Å². The van der Waals surface area contributed by atoms with Crippen LogP contribution in [-0.4, -0.2) is 76.7 Å². The molecule has 0 aromatic heterocycles. The number of hydrogen-bond acceptors (Lipinski definition) is 7. The second kappa shape index (κ2) is 15.9. The number of nitrogens with two attached hydrogens (primary N) is 3. The molecule has 13 nitrogen and oxygen atoms in total. The van der Waals surface area contributed by atoms with Crippen LogP contribution < -0.4 is 33.2 Å². The molecule has 0 aliphatic carbocycles. The second-order valence-electron chi connectivity index (χ2n) is 9.18. The summed E-state index contributed by atoms with van der Waals surface area (Å²) in [5.74, 6) is -3.57. The first-order chi connectivity index (χ1) is 16.2. The minimum atomic E-state index is -1.54. The number of nitrogens with zero attached hydrogens (tertiary/aromatic N) is 1. The fraction of sp³-hybridized carbons (Fsp3) is 0.773. The standard InChI is InChI=1S/C22H43N7O6/c1-6-12(4)16(23)20(33)27-14(8-7-9-26-22(24)25)18(31)28-15(10-11(2)3)19(32)29-17(13(5)30)21(34)35/h11-17,30H,6-10,23H2,1-5H3,(H,27,33)(H,28,31)(H,29,32)(H,34,35)(H4,24,25,26). The molecule has 0 aliphatic rings. The Hall–Kier alpha value is -2.93. The number of carbonyl (C=O) groups excluding carboxylic acids is 3. The fourth-order valence-electron chi connectivity index (χ4n) is 3.17. The largest absolute Gasteiger partial charge is 0.480 e. The predicted molar refractivity (Wildman–Crippen MR) is 132 cm³/mol. The van der Waals surface area contributed by atoms with Crippen LogP contribution in [-0.2, 0) is 19.2 Å². The Morgan fingerprint density at radius 2 is 1.46 bits per heavy atom. The van der Waals surface area contributed by atoms with Crippen LogP contribution >= 0.6 is 0 Å². The van der Waals surface area contributed by atoms with Crippen molar-refractivity contribution in [3.05, 3.63) is 0 Å².